The van der Waals surface area contributed by atoms with Crippen LogP contribution in [-0.4, -0.2) is 16.1 Å². The molecule has 114 valence electrons. The van der Waals surface area contributed by atoms with E-state index < -0.39 is 0 Å². The first-order valence-corrected chi connectivity index (χ1v) is 8.86. The normalized spacial score (nSPS) is 14.4. The Bertz CT molecular complexity index is 702. The summed E-state index contributed by atoms with van der Waals surface area (Å²) in [7, 11) is 0. The zero-order chi connectivity index (χ0) is 14.8. The summed E-state index contributed by atoms with van der Waals surface area (Å²) in [6.07, 6.45) is 6.56. The lowest BCUT2D eigenvalue weighted by atomic mass is 9.97. The molecule has 0 fully saturated rings. The molecular weight excluding hydrogens is 282 g/mol. The quantitative estimate of drug-likeness (QED) is 0.918. The fraction of sp³-hybridized carbons (Fsp3) is 0.625. The van der Waals surface area contributed by atoms with Gasteiger partial charge in [-0.2, -0.15) is 0 Å². The van der Waals surface area contributed by atoms with E-state index in [1.807, 2.05) is 4.57 Å². The molecule has 4 nitrogen and oxygen atoms in total. The first-order valence-electron chi connectivity index (χ1n) is 8.05. The van der Waals surface area contributed by atoms with Crippen molar-refractivity contribution in [2.45, 2.75) is 58.9 Å². The zero-order valence-electron chi connectivity index (χ0n) is 12.9. The Hall–Kier alpha value is -1.36. The van der Waals surface area contributed by atoms with Crippen LogP contribution >= 0.6 is 11.3 Å². The molecular formula is C16H23N3OS. The Morgan fingerprint density at radius 3 is 2.81 bits per heavy atom. The predicted molar refractivity (Wildman–Crippen MR) is 89.6 cm³/mol. The number of anilines is 1. The highest BCUT2D eigenvalue weighted by atomic mass is 32.1. The molecule has 0 aromatic carbocycles. The monoisotopic (exact) mass is 305 g/mol. The van der Waals surface area contributed by atoms with Crippen molar-refractivity contribution in [1.82, 2.24) is 9.55 Å². The van der Waals surface area contributed by atoms with Gasteiger partial charge in [-0.3, -0.25) is 9.36 Å². The Labute approximate surface area is 129 Å². The average molecular weight is 305 g/mol. The van der Waals surface area contributed by atoms with Gasteiger partial charge < -0.3 is 5.32 Å². The lowest BCUT2D eigenvalue weighted by Crippen LogP contribution is -2.25. The van der Waals surface area contributed by atoms with Crippen LogP contribution in [0.25, 0.3) is 10.2 Å². The number of nitrogens with zero attached hydrogens (tertiary/aromatic N) is 2. The molecule has 0 spiro atoms. The third-order valence-corrected chi connectivity index (χ3v) is 5.24. The maximum atomic E-state index is 12.9. The minimum atomic E-state index is 0.153. The summed E-state index contributed by atoms with van der Waals surface area (Å²) < 4.78 is 1.83. The molecule has 0 atom stereocenters. The molecule has 0 bridgehead atoms. The number of fused-ring (bicyclic) bond motifs is 3. The molecule has 21 heavy (non-hydrogen) atoms. The Kier molecular flexibility index (Phi) is 4.29. The van der Waals surface area contributed by atoms with Crippen molar-refractivity contribution in [1.29, 1.82) is 0 Å². The van der Waals surface area contributed by atoms with Crippen LogP contribution in [0.2, 0.25) is 0 Å². The van der Waals surface area contributed by atoms with Crippen molar-refractivity contribution in [2.24, 2.45) is 0 Å². The van der Waals surface area contributed by atoms with E-state index >= 15 is 0 Å². The van der Waals surface area contributed by atoms with E-state index in [1.54, 1.807) is 11.3 Å². The van der Waals surface area contributed by atoms with E-state index in [9.17, 15) is 4.79 Å². The highest BCUT2D eigenvalue weighted by Gasteiger charge is 2.21. The van der Waals surface area contributed by atoms with E-state index in [1.165, 1.54) is 23.3 Å². The molecule has 2 heterocycles. The van der Waals surface area contributed by atoms with Crippen LogP contribution < -0.4 is 10.9 Å². The van der Waals surface area contributed by atoms with Gasteiger partial charge in [0.1, 0.15) is 4.83 Å². The number of aryl methyl sites for hydroxylation is 2. The Morgan fingerprint density at radius 2 is 2.05 bits per heavy atom. The largest absolute Gasteiger partial charge is 0.356 e. The van der Waals surface area contributed by atoms with Crippen molar-refractivity contribution < 1.29 is 0 Å². The molecule has 1 N–H and O–H groups in total. The molecule has 0 amide bonds. The van der Waals surface area contributed by atoms with E-state index in [4.69, 9.17) is 4.98 Å². The second-order valence-electron chi connectivity index (χ2n) is 5.71. The average Bonchev–Trinajstić information content (AvgIpc) is 2.86. The SMILES string of the molecule is CCCNc1nc2sc3c(c2c(=O)n1CCC)CCCC3. The van der Waals surface area contributed by atoms with Crippen LogP contribution in [-0.2, 0) is 19.4 Å². The van der Waals surface area contributed by atoms with Crippen LogP contribution in [0.3, 0.4) is 0 Å². The van der Waals surface area contributed by atoms with Gasteiger partial charge in [0.05, 0.1) is 5.39 Å². The van der Waals surface area contributed by atoms with Gasteiger partial charge in [0, 0.05) is 18.0 Å². The number of hydrogen-bond acceptors (Lipinski definition) is 4. The molecule has 0 saturated heterocycles. The first-order chi connectivity index (χ1) is 10.3. The first kappa shape index (κ1) is 14.6. The van der Waals surface area contributed by atoms with Gasteiger partial charge >= 0.3 is 0 Å². The zero-order valence-corrected chi connectivity index (χ0v) is 13.7. The molecule has 0 unspecified atom stereocenters. The third-order valence-electron chi connectivity index (χ3n) is 4.06. The van der Waals surface area contributed by atoms with Gasteiger partial charge in [0.15, 0.2) is 0 Å². The smallest absolute Gasteiger partial charge is 0.263 e. The summed E-state index contributed by atoms with van der Waals surface area (Å²) in [4.78, 5) is 20.0. The summed E-state index contributed by atoms with van der Waals surface area (Å²) in [6.45, 7) is 5.81. The van der Waals surface area contributed by atoms with Crippen LogP contribution in [0.5, 0.6) is 0 Å². The van der Waals surface area contributed by atoms with Crippen molar-refractivity contribution in [2.75, 3.05) is 11.9 Å². The fourth-order valence-electron chi connectivity index (χ4n) is 3.04. The van der Waals surface area contributed by atoms with Gasteiger partial charge in [-0.05, 0) is 44.1 Å². The minimum Gasteiger partial charge on any atom is -0.356 e. The standard InChI is InChI=1S/C16H23N3OS/c1-3-9-17-16-18-14-13(15(20)19(16)10-4-2)11-7-5-6-8-12(11)21-14/h3-10H2,1-2H3,(H,17,18). The maximum Gasteiger partial charge on any atom is 0.263 e. The van der Waals surface area contributed by atoms with Crippen LogP contribution in [0.4, 0.5) is 5.95 Å². The second-order valence-corrected chi connectivity index (χ2v) is 6.79. The summed E-state index contributed by atoms with van der Waals surface area (Å²) in [5.74, 6) is 0.745. The topological polar surface area (TPSA) is 46.9 Å². The number of aromatic nitrogens is 2. The molecule has 2 aromatic heterocycles. The predicted octanol–water partition coefficient (Wildman–Crippen LogP) is 3.57. The van der Waals surface area contributed by atoms with Crippen molar-refractivity contribution >= 4 is 27.5 Å². The van der Waals surface area contributed by atoms with Gasteiger partial charge in [0.25, 0.3) is 5.56 Å². The van der Waals surface area contributed by atoms with Crippen molar-refractivity contribution in [3.8, 4) is 0 Å². The molecule has 0 aliphatic heterocycles. The van der Waals surface area contributed by atoms with Crippen LogP contribution in [0, 0.1) is 0 Å². The van der Waals surface area contributed by atoms with E-state index in [0.29, 0.717) is 0 Å². The van der Waals surface area contributed by atoms with Crippen LogP contribution in [0.15, 0.2) is 4.79 Å². The molecule has 1 aliphatic carbocycles. The highest BCUT2D eigenvalue weighted by molar-refractivity contribution is 7.18. The molecule has 0 saturated carbocycles. The Morgan fingerprint density at radius 1 is 1.24 bits per heavy atom. The van der Waals surface area contributed by atoms with E-state index in [-0.39, 0.29) is 5.56 Å². The van der Waals surface area contributed by atoms with Crippen molar-refractivity contribution in [3.05, 3.63) is 20.8 Å². The summed E-state index contributed by atoms with van der Waals surface area (Å²) >= 11 is 1.72. The van der Waals surface area contributed by atoms with Crippen LogP contribution in [0.1, 0.15) is 50.0 Å². The van der Waals surface area contributed by atoms with Gasteiger partial charge in [-0.1, -0.05) is 13.8 Å². The number of thiophene rings is 1. The van der Waals surface area contributed by atoms with E-state index in [0.717, 1.165) is 54.9 Å². The lowest BCUT2D eigenvalue weighted by Gasteiger charge is -2.13. The molecule has 2 aromatic rings. The van der Waals surface area contributed by atoms with E-state index in [2.05, 4.69) is 19.2 Å². The van der Waals surface area contributed by atoms with Crippen molar-refractivity contribution in [3.63, 3.8) is 0 Å². The van der Waals surface area contributed by atoms with Gasteiger partial charge in [-0.25, -0.2) is 4.98 Å². The fourth-order valence-corrected chi connectivity index (χ4v) is 4.29. The highest BCUT2D eigenvalue weighted by Crippen LogP contribution is 2.34. The van der Waals surface area contributed by atoms with Gasteiger partial charge in [-0.15, -0.1) is 11.3 Å². The number of hydrogen-bond donors (Lipinski definition) is 1. The number of nitrogens with one attached hydrogen (secondary N) is 1. The molecule has 0 radical (unpaired) electrons. The third kappa shape index (κ3) is 2.59. The molecule has 5 heteroatoms. The van der Waals surface area contributed by atoms with Gasteiger partial charge in [0.2, 0.25) is 5.95 Å². The maximum absolute atomic E-state index is 12.9. The lowest BCUT2D eigenvalue weighted by molar-refractivity contribution is 0.650. The summed E-state index contributed by atoms with van der Waals surface area (Å²) in [6, 6.07) is 0. The number of rotatable bonds is 5. The minimum absolute atomic E-state index is 0.153. The Balaban J connectivity index is 2.19. The summed E-state index contributed by atoms with van der Waals surface area (Å²) in [5, 5.41) is 4.21. The molecule has 1 aliphatic rings. The molecule has 3 rings (SSSR count). The summed E-state index contributed by atoms with van der Waals surface area (Å²) in [5.41, 5.74) is 1.44. The second kappa shape index (κ2) is 6.18.